The smallest absolute Gasteiger partial charge is 0.218 e. The number of benzene rings is 1. The Bertz CT molecular complexity index is 542. The molecular weight excluding hydrogens is 312 g/mol. The first-order valence-electron chi connectivity index (χ1n) is 6.96. The minimum Gasteiger partial charge on any atom is -0.379 e. The molecule has 0 aliphatic carbocycles. The minimum absolute atomic E-state index is 0.00375. The van der Waals surface area contributed by atoms with Crippen LogP contribution >= 0.6 is 11.6 Å². The van der Waals surface area contributed by atoms with E-state index in [0.717, 1.165) is 38.4 Å². The van der Waals surface area contributed by atoms with E-state index in [0.29, 0.717) is 11.6 Å². The molecule has 1 fully saturated rings. The van der Waals surface area contributed by atoms with Crippen LogP contribution in [-0.2, 0) is 20.5 Å². The van der Waals surface area contributed by atoms with E-state index >= 15 is 0 Å². The van der Waals surface area contributed by atoms with Crippen molar-refractivity contribution in [2.75, 3.05) is 46.4 Å². The van der Waals surface area contributed by atoms with Gasteiger partial charge in [-0.25, -0.2) is 12.7 Å². The van der Waals surface area contributed by atoms with Crippen LogP contribution in [0.25, 0.3) is 0 Å². The summed E-state index contributed by atoms with van der Waals surface area (Å²) >= 11 is 5.81. The standard InChI is InChI=1S/C14H21ClN2O3S/c1-16(6-7-17-8-10-20-11-9-17)21(18,19)12-13-2-4-14(15)5-3-13/h2-5H,6-12H2,1H3. The molecule has 0 atom stereocenters. The van der Waals surface area contributed by atoms with Crippen molar-refractivity contribution < 1.29 is 13.2 Å². The second kappa shape index (κ2) is 7.56. The van der Waals surface area contributed by atoms with Crippen molar-refractivity contribution in [1.82, 2.24) is 9.21 Å². The Morgan fingerprint density at radius 2 is 1.86 bits per heavy atom. The molecule has 1 aliphatic rings. The largest absolute Gasteiger partial charge is 0.379 e. The molecule has 1 saturated heterocycles. The fourth-order valence-electron chi connectivity index (χ4n) is 2.15. The topological polar surface area (TPSA) is 49.9 Å². The maximum absolute atomic E-state index is 12.3. The van der Waals surface area contributed by atoms with Gasteiger partial charge in [-0.2, -0.15) is 0 Å². The van der Waals surface area contributed by atoms with Crippen molar-refractivity contribution in [1.29, 1.82) is 0 Å². The van der Waals surface area contributed by atoms with E-state index < -0.39 is 10.0 Å². The lowest BCUT2D eigenvalue weighted by Crippen LogP contribution is -2.42. The highest BCUT2D eigenvalue weighted by Gasteiger charge is 2.20. The first-order chi connectivity index (χ1) is 9.97. The van der Waals surface area contributed by atoms with Gasteiger partial charge in [-0.05, 0) is 17.7 Å². The van der Waals surface area contributed by atoms with Gasteiger partial charge in [-0.15, -0.1) is 0 Å². The van der Waals surface area contributed by atoms with Crippen LogP contribution in [0.5, 0.6) is 0 Å². The van der Waals surface area contributed by atoms with Gasteiger partial charge in [0.15, 0.2) is 0 Å². The Labute approximate surface area is 131 Å². The van der Waals surface area contributed by atoms with Gasteiger partial charge >= 0.3 is 0 Å². The van der Waals surface area contributed by atoms with Crippen LogP contribution in [0.2, 0.25) is 5.02 Å². The zero-order chi connectivity index (χ0) is 15.3. The Balaban J connectivity index is 1.87. The number of rotatable bonds is 6. The molecule has 0 bridgehead atoms. The fraction of sp³-hybridized carbons (Fsp3) is 0.571. The normalized spacial score (nSPS) is 17.3. The van der Waals surface area contributed by atoms with E-state index in [1.54, 1.807) is 31.3 Å². The van der Waals surface area contributed by atoms with Crippen molar-refractivity contribution in [2.24, 2.45) is 0 Å². The van der Waals surface area contributed by atoms with Crippen molar-refractivity contribution >= 4 is 21.6 Å². The maximum Gasteiger partial charge on any atom is 0.218 e. The summed E-state index contributed by atoms with van der Waals surface area (Å²) in [5.41, 5.74) is 0.748. The van der Waals surface area contributed by atoms with Gasteiger partial charge in [-0.3, -0.25) is 4.90 Å². The summed E-state index contributed by atoms with van der Waals surface area (Å²) in [7, 11) is -1.66. The molecule has 0 aromatic heterocycles. The van der Waals surface area contributed by atoms with Crippen LogP contribution < -0.4 is 0 Å². The second-order valence-corrected chi connectivity index (χ2v) is 7.67. The molecule has 0 saturated carbocycles. The molecule has 21 heavy (non-hydrogen) atoms. The summed E-state index contributed by atoms with van der Waals surface area (Å²) in [5.74, 6) is 0.00375. The Kier molecular flexibility index (Phi) is 6.01. The SMILES string of the molecule is CN(CCN1CCOCC1)S(=O)(=O)Cc1ccc(Cl)cc1. The monoisotopic (exact) mass is 332 g/mol. The third-order valence-corrected chi connectivity index (χ3v) is 5.65. The second-order valence-electron chi connectivity index (χ2n) is 5.16. The van der Waals surface area contributed by atoms with Crippen LogP contribution in [0, 0.1) is 0 Å². The first kappa shape index (κ1) is 16.7. The molecule has 1 aromatic rings. The van der Waals surface area contributed by atoms with Gasteiger partial charge in [0, 0.05) is 38.2 Å². The summed E-state index contributed by atoms with van der Waals surface area (Å²) in [6, 6.07) is 6.91. The number of ether oxygens (including phenoxy) is 1. The molecule has 2 rings (SSSR count). The van der Waals surface area contributed by atoms with Crippen LogP contribution in [-0.4, -0.2) is 64.1 Å². The summed E-state index contributed by atoms with van der Waals surface area (Å²) < 4.78 is 31.3. The van der Waals surface area contributed by atoms with E-state index in [-0.39, 0.29) is 5.75 Å². The van der Waals surface area contributed by atoms with E-state index in [1.165, 1.54) is 4.31 Å². The van der Waals surface area contributed by atoms with Crippen LogP contribution in [0.1, 0.15) is 5.56 Å². The first-order valence-corrected chi connectivity index (χ1v) is 8.95. The predicted molar refractivity (Wildman–Crippen MR) is 84.0 cm³/mol. The molecule has 0 spiro atoms. The number of sulfonamides is 1. The zero-order valence-corrected chi connectivity index (χ0v) is 13.7. The lowest BCUT2D eigenvalue weighted by atomic mass is 10.2. The molecule has 0 N–H and O–H groups in total. The summed E-state index contributed by atoms with van der Waals surface area (Å²) in [6.07, 6.45) is 0. The van der Waals surface area contributed by atoms with Gasteiger partial charge < -0.3 is 4.74 Å². The highest BCUT2D eigenvalue weighted by atomic mass is 35.5. The van der Waals surface area contributed by atoms with Gasteiger partial charge in [0.25, 0.3) is 0 Å². The molecule has 1 aliphatic heterocycles. The van der Waals surface area contributed by atoms with Crippen molar-refractivity contribution in [3.8, 4) is 0 Å². The van der Waals surface area contributed by atoms with Crippen molar-refractivity contribution in [3.63, 3.8) is 0 Å². The molecule has 1 aromatic carbocycles. The van der Waals surface area contributed by atoms with E-state index in [4.69, 9.17) is 16.3 Å². The van der Waals surface area contributed by atoms with Gasteiger partial charge in [-0.1, -0.05) is 23.7 Å². The van der Waals surface area contributed by atoms with Crippen LogP contribution in [0.15, 0.2) is 24.3 Å². The van der Waals surface area contributed by atoms with Crippen LogP contribution in [0.4, 0.5) is 0 Å². The number of hydrogen-bond donors (Lipinski definition) is 0. The summed E-state index contributed by atoms with van der Waals surface area (Å²) in [4.78, 5) is 2.22. The van der Waals surface area contributed by atoms with E-state index in [1.807, 2.05) is 0 Å². The third-order valence-electron chi connectivity index (χ3n) is 3.57. The van der Waals surface area contributed by atoms with E-state index in [2.05, 4.69) is 4.90 Å². The lowest BCUT2D eigenvalue weighted by molar-refractivity contribution is 0.0368. The average Bonchev–Trinajstić information content (AvgIpc) is 2.48. The molecule has 0 radical (unpaired) electrons. The van der Waals surface area contributed by atoms with Gasteiger partial charge in [0.05, 0.1) is 19.0 Å². The molecular formula is C14H21ClN2O3S. The molecule has 1 heterocycles. The summed E-state index contributed by atoms with van der Waals surface area (Å²) in [6.45, 7) is 4.41. The Hall–Kier alpha value is -0.660. The Morgan fingerprint density at radius 3 is 2.48 bits per heavy atom. The number of likely N-dealkylation sites (N-methyl/N-ethyl adjacent to an activating group) is 1. The quantitative estimate of drug-likeness (QED) is 0.791. The number of morpholine rings is 1. The number of hydrogen-bond acceptors (Lipinski definition) is 4. The molecule has 0 amide bonds. The highest BCUT2D eigenvalue weighted by Crippen LogP contribution is 2.13. The number of halogens is 1. The molecule has 5 nitrogen and oxygen atoms in total. The van der Waals surface area contributed by atoms with Crippen molar-refractivity contribution in [2.45, 2.75) is 5.75 Å². The average molecular weight is 333 g/mol. The Morgan fingerprint density at radius 1 is 1.24 bits per heavy atom. The number of nitrogens with zero attached hydrogens (tertiary/aromatic N) is 2. The third kappa shape index (κ3) is 5.23. The minimum atomic E-state index is -3.29. The van der Waals surface area contributed by atoms with E-state index in [9.17, 15) is 8.42 Å². The van der Waals surface area contributed by atoms with Gasteiger partial charge in [0.1, 0.15) is 0 Å². The molecule has 118 valence electrons. The molecule has 7 heteroatoms. The highest BCUT2D eigenvalue weighted by molar-refractivity contribution is 7.88. The zero-order valence-electron chi connectivity index (χ0n) is 12.2. The van der Waals surface area contributed by atoms with Crippen LogP contribution in [0.3, 0.4) is 0 Å². The van der Waals surface area contributed by atoms with Gasteiger partial charge in [0.2, 0.25) is 10.0 Å². The molecule has 0 unspecified atom stereocenters. The predicted octanol–water partition coefficient (Wildman–Crippen LogP) is 1.43. The maximum atomic E-state index is 12.3. The fourth-order valence-corrected chi connectivity index (χ4v) is 3.47. The van der Waals surface area contributed by atoms with Crippen molar-refractivity contribution in [3.05, 3.63) is 34.9 Å². The lowest BCUT2D eigenvalue weighted by Gasteiger charge is -2.28. The summed E-state index contributed by atoms with van der Waals surface area (Å²) in [5, 5.41) is 0.608.